The van der Waals surface area contributed by atoms with Crippen LogP contribution >= 0.6 is 23.1 Å². The van der Waals surface area contributed by atoms with Crippen molar-refractivity contribution in [1.29, 1.82) is 5.26 Å². The molecule has 1 amide bonds. The lowest BCUT2D eigenvalue weighted by atomic mass is 9.91. The Balaban J connectivity index is 2.28. The van der Waals surface area contributed by atoms with Crippen LogP contribution in [0.5, 0.6) is 0 Å². The van der Waals surface area contributed by atoms with E-state index in [-0.39, 0.29) is 11.3 Å². The molecule has 0 saturated carbocycles. The van der Waals surface area contributed by atoms with Gasteiger partial charge in [-0.1, -0.05) is 36.9 Å². The van der Waals surface area contributed by atoms with Crippen molar-refractivity contribution in [3.8, 4) is 6.07 Å². The van der Waals surface area contributed by atoms with Crippen LogP contribution in [0.2, 0.25) is 5.02 Å². The number of hydrogen-bond acceptors (Lipinski definition) is 5. The van der Waals surface area contributed by atoms with E-state index in [0.29, 0.717) is 26.8 Å². The van der Waals surface area contributed by atoms with Gasteiger partial charge in [0.25, 0.3) is 5.91 Å². The van der Waals surface area contributed by atoms with Crippen molar-refractivity contribution in [2.45, 2.75) is 26.2 Å². The van der Waals surface area contributed by atoms with E-state index in [2.05, 4.69) is 14.9 Å². The number of aromatic nitrogens is 2. The summed E-state index contributed by atoms with van der Waals surface area (Å²) in [6.45, 7) is 5.90. The number of rotatable bonds is 2. The van der Waals surface area contributed by atoms with E-state index in [4.69, 9.17) is 16.9 Å². The Hall–Kier alpha value is -1.97. The Morgan fingerprint density at radius 2 is 2.14 bits per heavy atom. The van der Waals surface area contributed by atoms with Crippen LogP contribution in [0.3, 0.4) is 0 Å². The van der Waals surface area contributed by atoms with Crippen molar-refractivity contribution in [2.24, 2.45) is 0 Å². The van der Waals surface area contributed by atoms with Crippen molar-refractivity contribution in [2.75, 3.05) is 5.32 Å². The van der Waals surface area contributed by atoms with Gasteiger partial charge in [-0.3, -0.25) is 4.79 Å². The molecule has 5 nitrogen and oxygen atoms in total. The molecule has 108 valence electrons. The van der Waals surface area contributed by atoms with Gasteiger partial charge >= 0.3 is 0 Å². The highest BCUT2D eigenvalue weighted by Crippen LogP contribution is 2.28. The van der Waals surface area contributed by atoms with Gasteiger partial charge in [-0.25, -0.2) is 0 Å². The first kappa shape index (κ1) is 15.4. The fourth-order valence-corrected chi connectivity index (χ4v) is 2.69. The number of carbonyl (C=O) groups excluding carboxylic acids is 1. The lowest BCUT2D eigenvalue weighted by Crippen LogP contribution is -2.20. The molecular formula is C14H13ClN4OS. The van der Waals surface area contributed by atoms with Crippen molar-refractivity contribution >= 4 is 34.7 Å². The summed E-state index contributed by atoms with van der Waals surface area (Å²) >= 11 is 7.10. The summed E-state index contributed by atoms with van der Waals surface area (Å²) in [6.07, 6.45) is 0. The number of anilines is 1. The molecular weight excluding hydrogens is 308 g/mol. The molecule has 0 bridgehead atoms. The van der Waals surface area contributed by atoms with Crippen molar-refractivity contribution < 1.29 is 4.79 Å². The maximum atomic E-state index is 12.3. The molecule has 0 unspecified atom stereocenters. The third kappa shape index (κ3) is 3.38. The molecule has 1 heterocycles. The lowest BCUT2D eigenvalue weighted by molar-refractivity contribution is 0.102. The first-order chi connectivity index (χ1) is 9.82. The van der Waals surface area contributed by atoms with Gasteiger partial charge in [-0.05, 0) is 29.7 Å². The number of benzene rings is 1. The first-order valence-electron chi connectivity index (χ1n) is 6.17. The third-order valence-electron chi connectivity index (χ3n) is 2.75. The average molecular weight is 321 g/mol. The number of nitrogens with one attached hydrogen (secondary N) is 1. The second-order valence-electron chi connectivity index (χ2n) is 5.46. The van der Waals surface area contributed by atoms with E-state index >= 15 is 0 Å². The SMILES string of the molecule is CC(C)(C)c1nnsc1C(=O)Nc1ccc(C#N)cc1Cl. The zero-order valence-electron chi connectivity index (χ0n) is 11.8. The minimum atomic E-state index is -0.304. The highest BCUT2D eigenvalue weighted by molar-refractivity contribution is 7.08. The number of carbonyl (C=O) groups is 1. The van der Waals surface area contributed by atoms with Crippen LogP contribution in [0.1, 0.15) is 41.7 Å². The van der Waals surface area contributed by atoms with Crippen LogP contribution in [0.15, 0.2) is 18.2 Å². The minimum Gasteiger partial charge on any atom is -0.320 e. The molecule has 0 saturated heterocycles. The summed E-state index contributed by atoms with van der Waals surface area (Å²) in [4.78, 5) is 12.8. The van der Waals surface area contributed by atoms with E-state index in [9.17, 15) is 4.79 Å². The minimum absolute atomic E-state index is 0.270. The molecule has 0 radical (unpaired) electrons. The summed E-state index contributed by atoms with van der Waals surface area (Å²) in [5.74, 6) is -0.304. The fourth-order valence-electron chi connectivity index (χ4n) is 1.70. The summed E-state index contributed by atoms with van der Waals surface area (Å²) in [6, 6.07) is 6.69. The molecule has 0 atom stereocenters. The molecule has 21 heavy (non-hydrogen) atoms. The quantitative estimate of drug-likeness (QED) is 0.916. The van der Waals surface area contributed by atoms with Crippen molar-refractivity contribution in [1.82, 2.24) is 9.59 Å². The predicted octanol–water partition coefficient (Wildman–Crippen LogP) is 3.61. The molecule has 0 aliphatic carbocycles. The molecule has 0 aliphatic heterocycles. The van der Waals surface area contributed by atoms with E-state index in [1.165, 1.54) is 6.07 Å². The van der Waals surface area contributed by atoms with Gasteiger partial charge in [0.2, 0.25) is 0 Å². The smallest absolute Gasteiger partial charge is 0.269 e. The Morgan fingerprint density at radius 3 is 2.71 bits per heavy atom. The molecule has 1 aromatic carbocycles. The molecule has 1 N–H and O–H groups in total. The monoisotopic (exact) mass is 320 g/mol. The van der Waals surface area contributed by atoms with Gasteiger partial charge in [0.15, 0.2) is 0 Å². The van der Waals surface area contributed by atoms with Crippen LogP contribution in [0.4, 0.5) is 5.69 Å². The van der Waals surface area contributed by atoms with Gasteiger partial charge in [-0.2, -0.15) is 5.26 Å². The second kappa shape index (κ2) is 5.80. The zero-order chi connectivity index (χ0) is 15.6. The Morgan fingerprint density at radius 1 is 1.43 bits per heavy atom. The number of halogens is 1. The maximum Gasteiger partial charge on any atom is 0.269 e. The fraction of sp³-hybridized carbons (Fsp3) is 0.286. The zero-order valence-corrected chi connectivity index (χ0v) is 13.3. The summed E-state index contributed by atoms with van der Waals surface area (Å²) in [5.41, 5.74) is 1.27. The third-order valence-corrected chi connectivity index (χ3v) is 3.79. The van der Waals surface area contributed by atoms with E-state index in [1.54, 1.807) is 12.1 Å². The number of nitrogens with zero attached hydrogens (tertiary/aromatic N) is 3. The second-order valence-corrected chi connectivity index (χ2v) is 6.62. The molecule has 0 aliphatic rings. The van der Waals surface area contributed by atoms with Crippen molar-refractivity contribution in [3.63, 3.8) is 0 Å². The van der Waals surface area contributed by atoms with Crippen molar-refractivity contribution in [3.05, 3.63) is 39.4 Å². The predicted molar refractivity (Wildman–Crippen MR) is 82.7 cm³/mol. The van der Waals surface area contributed by atoms with Crippen LogP contribution < -0.4 is 5.32 Å². The Labute approximate surface area is 131 Å². The molecule has 1 aromatic heterocycles. The van der Waals surface area contributed by atoms with Gasteiger partial charge in [0.05, 0.1) is 28.0 Å². The van der Waals surface area contributed by atoms with Crippen LogP contribution in [0, 0.1) is 11.3 Å². The standard InChI is InChI=1S/C14H13ClN4OS/c1-14(2,3)12-11(21-19-18-12)13(20)17-10-5-4-8(7-16)6-9(10)15/h4-6H,1-3H3,(H,17,20). The molecule has 7 heteroatoms. The van der Waals surface area contributed by atoms with Crippen LogP contribution in [-0.2, 0) is 5.41 Å². The maximum absolute atomic E-state index is 12.3. The Kier molecular flexibility index (Phi) is 4.26. The number of amides is 1. The molecule has 2 aromatic rings. The Bertz CT molecular complexity index is 727. The van der Waals surface area contributed by atoms with Gasteiger partial charge < -0.3 is 5.32 Å². The summed E-state index contributed by atoms with van der Waals surface area (Å²) in [7, 11) is 0. The average Bonchev–Trinajstić information content (AvgIpc) is 2.90. The highest BCUT2D eigenvalue weighted by Gasteiger charge is 2.26. The topological polar surface area (TPSA) is 78.7 Å². The van der Waals surface area contributed by atoms with E-state index < -0.39 is 0 Å². The largest absolute Gasteiger partial charge is 0.320 e. The lowest BCUT2D eigenvalue weighted by Gasteiger charge is -2.16. The van der Waals surface area contributed by atoms with E-state index in [1.807, 2.05) is 26.8 Å². The van der Waals surface area contributed by atoms with Crippen LogP contribution in [0.25, 0.3) is 0 Å². The van der Waals surface area contributed by atoms with Gasteiger partial charge in [0.1, 0.15) is 4.88 Å². The number of hydrogen-bond donors (Lipinski definition) is 1. The first-order valence-corrected chi connectivity index (χ1v) is 7.32. The highest BCUT2D eigenvalue weighted by atomic mass is 35.5. The van der Waals surface area contributed by atoms with Gasteiger partial charge in [0, 0.05) is 5.41 Å². The molecule has 0 fully saturated rings. The van der Waals surface area contributed by atoms with Gasteiger partial charge in [-0.15, -0.1) is 5.10 Å². The number of nitriles is 1. The van der Waals surface area contributed by atoms with E-state index in [0.717, 1.165) is 11.5 Å². The molecule has 0 spiro atoms. The summed E-state index contributed by atoms with van der Waals surface area (Å²) in [5, 5.41) is 15.9. The normalized spacial score (nSPS) is 11.0. The molecule has 2 rings (SSSR count). The summed E-state index contributed by atoms with van der Waals surface area (Å²) < 4.78 is 3.86. The van der Waals surface area contributed by atoms with Crippen LogP contribution in [-0.4, -0.2) is 15.5 Å².